The number of hydrogen-bond donors (Lipinski definition) is 1. The Bertz CT molecular complexity index is 1050. The summed E-state index contributed by atoms with van der Waals surface area (Å²) >= 11 is 0. The minimum atomic E-state index is -0.953. The van der Waals surface area contributed by atoms with Crippen LogP contribution >= 0.6 is 0 Å². The summed E-state index contributed by atoms with van der Waals surface area (Å²) in [5.74, 6) is -0.533. The minimum Gasteiger partial charge on any atom is -0.458 e. The van der Waals surface area contributed by atoms with E-state index in [1.807, 2.05) is 6.07 Å². The summed E-state index contributed by atoms with van der Waals surface area (Å²) in [6.45, 7) is 5.33. The fourth-order valence-electron chi connectivity index (χ4n) is 2.83. The first-order valence-electron chi connectivity index (χ1n) is 8.22. The number of aromatic nitrogens is 2. The Morgan fingerprint density at radius 2 is 1.88 bits per heavy atom. The number of nitriles is 1. The summed E-state index contributed by atoms with van der Waals surface area (Å²) in [4.78, 5) is 28.3. The Labute approximate surface area is 150 Å². The molecule has 2 aromatic carbocycles. The van der Waals surface area contributed by atoms with Crippen LogP contribution in [0.5, 0.6) is 0 Å². The number of benzene rings is 2. The largest absolute Gasteiger partial charge is 0.458 e. The number of ether oxygens (including phenoxy) is 1. The zero-order valence-electron chi connectivity index (χ0n) is 14.8. The Hall–Kier alpha value is -3.33. The maximum Gasteiger partial charge on any atom is 0.334 e. The van der Waals surface area contributed by atoms with Crippen LogP contribution in [0.2, 0.25) is 0 Å². The molecule has 6 heteroatoms. The highest BCUT2D eigenvalue weighted by Gasteiger charge is 2.30. The molecule has 3 aromatic rings. The van der Waals surface area contributed by atoms with Gasteiger partial charge in [0.15, 0.2) is 6.04 Å². The third-order valence-electron chi connectivity index (χ3n) is 3.85. The molecule has 0 saturated carbocycles. The molecular weight excluding hydrogens is 330 g/mol. The van der Waals surface area contributed by atoms with E-state index in [4.69, 9.17) is 4.74 Å². The van der Waals surface area contributed by atoms with Crippen molar-refractivity contribution in [3.05, 3.63) is 70.1 Å². The number of esters is 1. The van der Waals surface area contributed by atoms with E-state index in [9.17, 15) is 14.9 Å². The van der Waals surface area contributed by atoms with Gasteiger partial charge in [-0.25, -0.2) is 9.59 Å². The van der Waals surface area contributed by atoms with Crippen molar-refractivity contribution < 1.29 is 9.53 Å². The Balaban J connectivity index is 2.24. The molecule has 0 aliphatic heterocycles. The van der Waals surface area contributed by atoms with Crippen molar-refractivity contribution >= 4 is 17.0 Å². The lowest BCUT2D eigenvalue weighted by molar-refractivity contribution is -0.157. The number of imidazole rings is 1. The SMILES string of the molecule is CC(C)(C)OC(=O)C(c1ccccc1)n1c(=O)[nH]c2ccc(C#N)cc21. The first kappa shape index (κ1) is 17.5. The third kappa shape index (κ3) is 3.38. The summed E-state index contributed by atoms with van der Waals surface area (Å²) in [7, 11) is 0. The molecular formula is C20H19N3O3. The van der Waals surface area contributed by atoms with Gasteiger partial charge in [-0.1, -0.05) is 30.3 Å². The fourth-order valence-corrected chi connectivity index (χ4v) is 2.83. The molecule has 0 fully saturated rings. The number of nitrogens with one attached hydrogen (secondary N) is 1. The van der Waals surface area contributed by atoms with Gasteiger partial charge in [-0.3, -0.25) is 4.57 Å². The summed E-state index contributed by atoms with van der Waals surface area (Å²) < 4.78 is 6.91. The Kier molecular flexibility index (Phi) is 4.39. The van der Waals surface area contributed by atoms with Crippen molar-refractivity contribution in [3.63, 3.8) is 0 Å². The molecule has 26 heavy (non-hydrogen) atoms. The summed E-state index contributed by atoms with van der Waals surface area (Å²) in [5.41, 5.74) is 0.938. The van der Waals surface area contributed by atoms with Gasteiger partial charge in [0.2, 0.25) is 0 Å². The second-order valence-electron chi connectivity index (χ2n) is 6.99. The topological polar surface area (TPSA) is 87.9 Å². The monoisotopic (exact) mass is 349 g/mol. The number of rotatable bonds is 3. The number of carbonyl (C=O) groups is 1. The average molecular weight is 349 g/mol. The van der Waals surface area contributed by atoms with E-state index in [0.29, 0.717) is 22.2 Å². The van der Waals surface area contributed by atoms with Gasteiger partial charge in [-0.2, -0.15) is 5.26 Å². The predicted molar refractivity (Wildman–Crippen MR) is 97.7 cm³/mol. The normalized spacial score (nSPS) is 12.5. The maximum absolute atomic E-state index is 12.9. The molecule has 3 rings (SSSR count). The molecule has 0 aliphatic carbocycles. The molecule has 0 saturated heterocycles. The van der Waals surface area contributed by atoms with Gasteiger partial charge in [0.1, 0.15) is 5.60 Å². The second kappa shape index (κ2) is 6.52. The van der Waals surface area contributed by atoms with Crippen LogP contribution in [-0.2, 0) is 9.53 Å². The molecule has 0 amide bonds. The first-order valence-corrected chi connectivity index (χ1v) is 8.22. The zero-order chi connectivity index (χ0) is 18.9. The molecule has 6 nitrogen and oxygen atoms in total. The Morgan fingerprint density at radius 1 is 1.19 bits per heavy atom. The number of nitrogens with zero attached hydrogens (tertiary/aromatic N) is 2. The van der Waals surface area contributed by atoms with Crippen molar-refractivity contribution in [2.75, 3.05) is 0 Å². The van der Waals surface area contributed by atoms with Gasteiger partial charge in [0, 0.05) is 0 Å². The summed E-state index contributed by atoms with van der Waals surface area (Å²) in [6, 6.07) is 14.9. The van der Waals surface area contributed by atoms with Gasteiger partial charge in [0.05, 0.1) is 22.7 Å². The van der Waals surface area contributed by atoms with E-state index < -0.39 is 23.3 Å². The zero-order valence-corrected chi connectivity index (χ0v) is 14.8. The van der Waals surface area contributed by atoms with Crippen LogP contribution in [0.1, 0.15) is 37.9 Å². The number of aromatic amines is 1. The molecule has 0 spiro atoms. The molecule has 132 valence electrons. The van der Waals surface area contributed by atoms with Crippen LogP contribution < -0.4 is 5.69 Å². The maximum atomic E-state index is 12.9. The van der Waals surface area contributed by atoms with Crippen LogP contribution in [0.15, 0.2) is 53.3 Å². The summed E-state index contributed by atoms with van der Waals surface area (Å²) in [5, 5.41) is 9.17. The van der Waals surface area contributed by atoms with Crippen LogP contribution in [0, 0.1) is 11.3 Å². The van der Waals surface area contributed by atoms with Crippen molar-refractivity contribution in [2.45, 2.75) is 32.4 Å². The number of H-pyrrole nitrogens is 1. The van der Waals surface area contributed by atoms with E-state index in [2.05, 4.69) is 11.1 Å². The third-order valence-corrected chi connectivity index (χ3v) is 3.85. The van der Waals surface area contributed by atoms with Crippen molar-refractivity contribution in [2.24, 2.45) is 0 Å². The Morgan fingerprint density at radius 3 is 2.50 bits per heavy atom. The smallest absolute Gasteiger partial charge is 0.334 e. The molecule has 0 bridgehead atoms. The highest BCUT2D eigenvalue weighted by molar-refractivity contribution is 5.83. The highest BCUT2D eigenvalue weighted by Crippen LogP contribution is 2.25. The standard InChI is InChI=1S/C20H19N3O3/c1-20(2,3)26-18(24)17(14-7-5-4-6-8-14)23-16-11-13(12-21)9-10-15(16)22-19(23)25/h4-11,17H,1-3H3,(H,22,25). The molecule has 1 heterocycles. The van der Waals surface area contributed by atoms with Crippen molar-refractivity contribution in [3.8, 4) is 6.07 Å². The van der Waals surface area contributed by atoms with E-state index >= 15 is 0 Å². The number of hydrogen-bond acceptors (Lipinski definition) is 4. The van der Waals surface area contributed by atoms with Crippen molar-refractivity contribution in [1.82, 2.24) is 9.55 Å². The lowest BCUT2D eigenvalue weighted by Gasteiger charge is -2.25. The van der Waals surface area contributed by atoms with E-state index in [1.54, 1.807) is 63.2 Å². The molecule has 0 aliphatic rings. The van der Waals surface area contributed by atoms with Gasteiger partial charge in [-0.15, -0.1) is 0 Å². The minimum absolute atomic E-state index is 0.404. The van der Waals surface area contributed by atoms with E-state index in [-0.39, 0.29) is 0 Å². The quantitative estimate of drug-likeness (QED) is 0.736. The first-order chi connectivity index (χ1) is 12.3. The molecule has 0 radical (unpaired) electrons. The van der Waals surface area contributed by atoms with Gasteiger partial charge < -0.3 is 9.72 Å². The van der Waals surface area contributed by atoms with Gasteiger partial charge >= 0.3 is 11.7 Å². The van der Waals surface area contributed by atoms with E-state index in [0.717, 1.165) is 0 Å². The van der Waals surface area contributed by atoms with Crippen LogP contribution in [0.4, 0.5) is 0 Å². The van der Waals surface area contributed by atoms with Gasteiger partial charge in [-0.05, 0) is 44.5 Å². The fraction of sp³-hybridized carbons (Fsp3) is 0.250. The van der Waals surface area contributed by atoms with Crippen LogP contribution in [0.25, 0.3) is 11.0 Å². The van der Waals surface area contributed by atoms with Crippen LogP contribution in [-0.4, -0.2) is 21.1 Å². The summed E-state index contributed by atoms with van der Waals surface area (Å²) in [6.07, 6.45) is 0. The van der Waals surface area contributed by atoms with Gasteiger partial charge in [0.25, 0.3) is 0 Å². The molecule has 1 aromatic heterocycles. The van der Waals surface area contributed by atoms with Crippen molar-refractivity contribution in [1.29, 1.82) is 5.26 Å². The number of fused-ring (bicyclic) bond motifs is 1. The predicted octanol–water partition coefficient (Wildman–Crippen LogP) is 3.13. The number of carbonyl (C=O) groups excluding carboxylic acids is 1. The molecule has 1 atom stereocenters. The lowest BCUT2D eigenvalue weighted by Crippen LogP contribution is -2.34. The second-order valence-corrected chi connectivity index (χ2v) is 6.99. The average Bonchev–Trinajstić information content (AvgIpc) is 2.90. The van der Waals surface area contributed by atoms with E-state index in [1.165, 1.54) is 4.57 Å². The van der Waals surface area contributed by atoms with Crippen LogP contribution in [0.3, 0.4) is 0 Å². The molecule has 1 unspecified atom stereocenters. The lowest BCUT2D eigenvalue weighted by atomic mass is 10.1. The molecule has 1 N–H and O–H groups in total. The highest BCUT2D eigenvalue weighted by atomic mass is 16.6.